The van der Waals surface area contributed by atoms with Gasteiger partial charge in [0.05, 0.1) is 12.1 Å². The predicted octanol–water partition coefficient (Wildman–Crippen LogP) is 5.30. The first-order chi connectivity index (χ1) is 13.7. The van der Waals surface area contributed by atoms with E-state index in [2.05, 4.69) is 79.7 Å². The van der Waals surface area contributed by atoms with E-state index < -0.39 is 0 Å². The first kappa shape index (κ1) is 20.9. The molecule has 1 aliphatic carbocycles. The van der Waals surface area contributed by atoms with Crippen molar-refractivity contribution in [3.05, 3.63) is 59.7 Å². The third-order valence-electron chi connectivity index (χ3n) is 5.93. The summed E-state index contributed by atoms with van der Waals surface area (Å²) in [6, 6.07) is 9.77. The van der Waals surface area contributed by atoms with E-state index in [0.29, 0.717) is 12.0 Å². The molecule has 28 heavy (non-hydrogen) atoms. The number of aryl methyl sites for hydroxylation is 1. The largest absolute Gasteiger partial charge is 0.360 e. The summed E-state index contributed by atoms with van der Waals surface area (Å²) in [5.41, 5.74) is 2.78. The molecule has 1 aromatic carbocycles. The number of nitrogens with one attached hydrogen (secondary N) is 1. The van der Waals surface area contributed by atoms with E-state index in [1.54, 1.807) is 0 Å². The van der Waals surface area contributed by atoms with Crippen molar-refractivity contribution in [1.82, 2.24) is 10.2 Å². The van der Waals surface area contributed by atoms with Crippen LogP contribution in [-0.2, 0) is 6.42 Å². The van der Waals surface area contributed by atoms with Gasteiger partial charge in [0.25, 0.3) is 0 Å². The minimum atomic E-state index is 0.185. The Morgan fingerprint density at radius 3 is 2.57 bits per heavy atom. The van der Waals surface area contributed by atoms with E-state index in [-0.39, 0.29) is 6.04 Å². The molecule has 0 spiro atoms. The van der Waals surface area contributed by atoms with Gasteiger partial charge in [-0.05, 0) is 43.4 Å². The Kier molecular flexibility index (Phi) is 7.90. The van der Waals surface area contributed by atoms with Crippen LogP contribution in [0.3, 0.4) is 0 Å². The van der Waals surface area contributed by atoms with E-state index in [4.69, 9.17) is 4.99 Å². The first-order valence-electron chi connectivity index (χ1n) is 11.2. The Hall–Kier alpha value is -1.87. The van der Waals surface area contributed by atoms with E-state index >= 15 is 0 Å². The number of hydrogen-bond acceptors (Lipinski definition) is 3. The molecular weight excluding hydrogens is 342 g/mol. The lowest BCUT2D eigenvalue weighted by atomic mass is 9.93. The van der Waals surface area contributed by atoms with Crippen LogP contribution >= 0.6 is 0 Å². The number of benzene rings is 1. The first-order valence-corrected chi connectivity index (χ1v) is 11.2. The van der Waals surface area contributed by atoms with Crippen molar-refractivity contribution in [1.29, 1.82) is 0 Å². The second-order valence-electron chi connectivity index (χ2n) is 8.23. The predicted molar refractivity (Wildman–Crippen MR) is 121 cm³/mol. The van der Waals surface area contributed by atoms with Crippen LogP contribution in [0.2, 0.25) is 0 Å². The fourth-order valence-corrected chi connectivity index (χ4v) is 4.13. The molecule has 1 aromatic rings. The number of unbranched alkanes of at least 4 members (excludes halogenated alkanes) is 2. The molecule has 3 heteroatoms. The number of hydrogen-bond donors (Lipinski definition) is 1. The minimum absolute atomic E-state index is 0.185. The summed E-state index contributed by atoms with van der Waals surface area (Å²) in [5, 5.41) is 3.79. The maximum Gasteiger partial charge on any atom is 0.121 e. The van der Waals surface area contributed by atoms with Gasteiger partial charge in [-0.3, -0.25) is 4.99 Å². The molecule has 0 radical (unpaired) electrons. The molecule has 3 unspecified atom stereocenters. The van der Waals surface area contributed by atoms with Crippen LogP contribution in [-0.4, -0.2) is 36.9 Å². The van der Waals surface area contributed by atoms with Gasteiger partial charge in [0.2, 0.25) is 0 Å². The molecule has 1 aliphatic heterocycles. The molecule has 3 nitrogen and oxygen atoms in total. The highest BCUT2D eigenvalue weighted by atomic mass is 15.3. The molecule has 0 bridgehead atoms. The Bertz CT molecular complexity index is 686. The number of rotatable bonds is 10. The molecule has 0 aromatic heterocycles. The zero-order chi connectivity index (χ0) is 19.8. The summed E-state index contributed by atoms with van der Waals surface area (Å²) in [5.74, 6) is 1.73. The van der Waals surface area contributed by atoms with Gasteiger partial charge >= 0.3 is 0 Å². The van der Waals surface area contributed by atoms with Crippen molar-refractivity contribution >= 4 is 5.84 Å². The molecule has 0 fully saturated rings. The fraction of sp³-hybridized carbons (Fsp3) is 0.560. The third kappa shape index (κ3) is 5.35. The summed E-state index contributed by atoms with van der Waals surface area (Å²) in [4.78, 5) is 7.58. The van der Waals surface area contributed by atoms with Crippen LogP contribution in [0, 0.1) is 5.92 Å². The second-order valence-corrected chi connectivity index (χ2v) is 8.23. The van der Waals surface area contributed by atoms with Gasteiger partial charge in [0, 0.05) is 19.5 Å². The van der Waals surface area contributed by atoms with Gasteiger partial charge in [-0.25, -0.2) is 0 Å². The molecule has 3 atom stereocenters. The van der Waals surface area contributed by atoms with Crippen LogP contribution in [0.4, 0.5) is 0 Å². The zero-order valence-electron chi connectivity index (χ0n) is 17.9. The van der Waals surface area contributed by atoms with E-state index in [1.807, 2.05) is 0 Å². The Labute approximate surface area is 171 Å². The number of likely N-dealkylation sites (N-methyl/N-ethyl adjacent to an activating group) is 1. The molecule has 3 rings (SSSR count). The highest BCUT2D eigenvalue weighted by Gasteiger charge is 2.32. The monoisotopic (exact) mass is 379 g/mol. The number of aliphatic imine (C=N–C) groups is 1. The highest BCUT2D eigenvalue weighted by Crippen LogP contribution is 2.28. The molecule has 1 N–H and O–H groups in total. The molecular formula is C25H37N3. The van der Waals surface area contributed by atoms with Gasteiger partial charge in [0.15, 0.2) is 0 Å². The van der Waals surface area contributed by atoms with Gasteiger partial charge in [-0.15, -0.1) is 0 Å². The zero-order valence-corrected chi connectivity index (χ0v) is 17.9. The van der Waals surface area contributed by atoms with E-state index in [1.165, 1.54) is 49.1 Å². The Balaban J connectivity index is 1.78. The number of amidine groups is 1. The lowest BCUT2D eigenvalue weighted by Crippen LogP contribution is -2.37. The summed E-state index contributed by atoms with van der Waals surface area (Å²) in [6.07, 6.45) is 16.1. The smallest absolute Gasteiger partial charge is 0.121 e. The molecule has 2 aliphatic rings. The second kappa shape index (κ2) is 10.6. The average Bonchev–Trinajstić information content (AvgIpc) is 3.12. The van der Waals surface area contributed by atoms with Crippen molar-refractivity contribution in [3.8, 4) is 0 Å². The van der Waals surface area contributed by atoms with E-state index in [0.717, 1.165) is 19.5 Å². The summed E-state index contributed by atoms with van der Waals surface area (Å²) >= 11 is 0. The molecule has 0 saturated carbocycles. The van der Waals surface area contributed by atoms with Crippen molar-refractivity contribution in [3.63, 3.8) is 0 Å². The van der Waals surface area contributed by atoms with Crippen LogP contribution in [0.5, 0.6) is 0 Å². The Morgan fingerprint density at radius 2 is 1.89 bits per heavy atom. The van der Waals surface area contributed by atoms with Crippen LogP contribution in [0.15, 0.2) is 53.6 Å². The van der Waals surface area contributed by atoms with Crippen molar-refractivity contribution in [2.24, 2.45) is 10.9 Å². The topological polar surface area (TPSA) is 27.6 Å². The SMILES string of the molecule is CCCCNC(C1=NC(C2C=CC=CC2)CN1C)c1ccc(CCCC)cc1. The molecule has 152 valence electrons. The fourth-order valence-electron chi connectivity index (χ4n) is 4.13. The minimum Gasteiger partial charge on any atom is -0.360 e. The number of nitrogens with zero attached hydrogens (tertiary/aromatic N) is 2. The number of allylic oxidation sites excluding steroid dienone is 3. The van der Waals surface area contributed by atoms with Crippen LogP contribution in [0.1, 0.15) is 63.1 Å². The summed E-state index contributed by atoms with van der Waals surface area (Å²) < 4.78 is 0. The lowest BCUT2D eigenvalue weighted by molar-refractivity contribution is 0.425. The highest BCUT2D eigenvalue weighted by molar-refractivity contribution is 5.90. The normalized spacial score (nSPS) is 22.5. The van der Waals surface area contributed by atoms with Gasteiger partial charge in [0.1, 0.15) is 5.84 Å². The standard InChI is InChI=1S/C25H37N3/c1-4-6-11-20-14-16-22(17-15-20)24(26-18-7-5-2)25-27-23(19-28(25)3)21-12-9-8-10-13-21/h8-10,12,14-17,21,23-24,26H,4-7,11,13,18-19H2,1-3H3. The quantitative estimate of drug-likeness (QED) is 0.558. The molecule has 1 heterocycles. The summed E-state index contributed by atoms with van der Waals surface area (Å²) in [6.45, 7) is 6.54. The van der Waals surface area contributed by atoms with Crippen LogP contribution < -0.4 is 5.32 Å². The van der Waals surface area contributed by atoms with Crippen molar-refractivity contribution in [2.45, 2.75) is 64.5 Å². The molecule has 0 saturated heterocycles. The maximum absolute atomic E-state index is 5.22. The average molecular weight is 380 g/mol. The van der Waals surface area contributed by atoms with E-state index in [9.17, 15) is 0 Å². The maximum atomic E-state index is 5.22. The van der Waals surface area contributed by atoms with Crippen LogP contribution in [0.25, 0.3) is 0 Å². The van der Waals surface area contributed by atoms with Crippen molar-refractivity contribution in [2.75, 3.05) is 20.1 Å². The summed E-state index contributed by atoms with van der Waals surface area (Å²) in [7, 11) is 2.20. The lowest BCUT2D eigenvalue weighted by Gasteiger charge is -2.25. The van der Waals surface area contributed by atoms with Gasteiger partial charge in [-0.1, -0.05) is 75.3 Å². The third-order valence-corrected chi connectivity index (χ3v) is 5.93. The van der Waals surface area contributed by atoms with Gasteiger partial charge in [-0.2, -0.15) is 0 Å². The molecule has 0 amide bonds. The Morgan fingerprint density at radius 1 is 1.11 bits per heavy atom. The van der Waals surface area contributed by atoms with Gasteiger partial charge < -0.3 is 10.2 Å². The van der Waals surface area contributed by atoms with Crippen molar-refractivity contribution < 1.29 is 0 Å².